The van der Waals surface area contributed by atoms with Crippen LogP contribution < -0.4 is 4.90 Å². The quantitative estimate of drug-likeness (QED) is 0.785. The number of piperazine rings is 1. The molecule has 0 unspecified atom stereocenters. The molecule has 2 aromatic heterocycles. The average molecular weight is 360 g/mol. The molecule has 0 N–H and O–H groups in total. The van der Waals surface area contributed by atoms with Crippen molar-refractivity contribution in [2.24, 2.45) is 5.41 Å². The minimum absolute atomic E-state index is 0.112. The molecule has 0 saturated carbocycles. The van der Waals surface area contributed by atoms with Crippen molar-refractivity contribution in [3.05, 3.63) is 36.7 Å². The van der Waals surface area contributed by atoms with Crippen molar-refractivity contribution in [1.82, 2.24) is 20.1 Å². The third-order valence-corrected chi connectivity index (χ3v) is 5.10. The molecule has 1 amide bonds. The van der Waals surface area contributed by atoms with Crippen LogP contribution in [0, 0.1) is 5.41 Å². The molecule has 1 aliphatic heterocycles. The highest BCUT2D eigenvalue weighted by atomic mass is 35.5. The van der Waals surface area contributed by atoms with Gasteiger partial charge in [0.05, 0.1) is 11.1 Å². The van der Waals surface area contributed by atoms with Crippen LogP contribution in [0.3, 0.4) is 0 Å². The second-order valence-electron chi connectivity index (χ2n) is 6.81. The number of carbonyl (C=O) groups excluding carboxylic acids is 1. The number of alkyl halides is 1. The minimum atomic E-state index is -0.518. The molecule has 1 saturated heterocycles. The predicted octanol–water partition coefficient (Wildman–Crippen LogP) is 2.45. The van der Waals surface area contributed by atoms with Crippen LogP contribution >= 0.6 is 11.6 Å². The predicted molar refractivity (Wildman–Crippen MR) is 98.6 cm³/mol. The van der Waals surface area contributed by atoms with Gasteiger partial charge in [-0.2, -0.15) is 0 Å². The Balaban J connectivity index is 1.63. The molecule has 7 heteroatoms. The first-order chi connectivity index (χ1) is 12.0. The first kappa shape index (κ1) is 17.6. The van der Waals surface area contributed by atoms with E-state index in [1.54, 1.807) is 12.4 Å². The van der Waals surface area contributed by atoms with Crippen LogP contribution in [0.1, 0.15) is 13.8 Å². The van der Waals surface area contributed by atoms with Gasteiger partial charge >= 0.3 is 0 Å². The van der Waals surface area contributed by atoms with E-state index in [1.165, 1.54) is 0 Å². The second kappa shape index (κ2) is 7.35. The molecule has 0 bridgehead atoms. The Labute approximate surface area is 152 Å². The average Bonchev–Trinajstić information content (AvgIpc) is 2.68. The van der Waals surface area contributed by atoms with Crippen LogP contribution in [0.5, 0.6) is 0 Å². The topological polar surface area (TPSA) is 62.2 Å². The Hall–Kier alpha value is -2.21. The molecule has 0 aliphatic carbocycles. The smallest absolute Gasteiger partial charge is 0.229 e. The monoisotopic (exact) mass is 359 g/mol. The number of hydrogen-bond acceptors (Lipinski definition) is 5. The highest BCUT2D eigenvalue weighted by Crippen LogP contribution is 2.23. The van der Waals surface area contributed by atoms with Crippen molar-refractivity contribution in [3.8, 4) is 11.3 Å². The minimum Gasteiger partial charge on any atom is -0.352 e. The Kier molecular flexibility index (Phi) is 5.18. The summed E-state index contributed by atoms with van der Waals surface area (Å²) in [5.41, 5.74) is 1.30. The lowest BCUT2D eigenvalue weighted by Crippen LogP contribution is -2.52. The van der Waals surface area contributed by atoms with Crippen LogP contribution in [-0.4, -0.2) is 58.0 Å². The first-order valence-corrected chi connectivity index (χ1v) is 8.89. The lowest BCUT2D eigenvalue weighted by atomic mass is 9.94. The Morgan fingerprint density at radius 2 is 1.76 bits per heavy atom. The number of amides is 1. The van der Waals surface area contributed by atoms with Gasteiger partial charge in [0.25, 0.3) is 0 Å². The van der Waals surface area contributed by atoms with Crippen molar-refractivity contribution < 1.29 is 4.79 Å². The van der Waals surface area contributed by atoms with Gasteiger partial charge in [-0.1, -0.05) is 0 Å². The fraction of sp³-hybridized carbons (Fsp3) is 0.444. The van der Waals surface area contributed by atoms with Gasteiger partial charge in [0.1, 0.15) is 0 Å². The Bertz CT molecular complexity index is 712. The van der Waals surface area contributed by atoms with Gasteiger partial charge in [-0.15, -0.1) is 21.8 Å². The fourth-order valence-corrected chi connectivity index (χ4v) is 2.91. The molecule has 3 rings (SSSR count). The molecule has 3 heterocycles. The molecule has 0 aromatic carbocycles. The van der Waals surface area contributed by atoms with Gasteiger partial charge in [0.2, 0.25) is 5.91 Å². The van der Waals surface area contributed by atoms with Gasteiger partial charge in [-0.25, -0.2) is 0 Å². The maximum absolute atomic E-state index is 12.5. The van der Waals surface area contributed by atoms with E-state index in [-0.39, 0.29) is 5.91 Å². The summed E-state index contributed by atoms with van der Waals surface area (Å²) in [5, 5.41) is 8.66. The van der Waals surface area contributed by atoms with Gasteiger partial charge in [0.15, 0.2) is 5.82 Å². The van der Waals surface area contributed by atoms with E-state index < -0.39 is 5.41 Å². The van der Waals surface area contributed by atoms with Crippen molar-refractivity contribution in [2.45, 2.75) is 13.8 Å². The maximum atomic E-state index is 12.5. The molecule has 6 nitrogen and oxygen atoms in total. The zero-order chi connectivity index (χ0) is 17.9. The highest BCUT2D eigenvalue weighted by molar-refractivity contribution is 6.19. The summed E-state index contributed by atoms with van der Waals surface area (Å²) in [4.78, 5) is 20.5. The summed E-state index contributed by atoms with van der Waals surface area (Å²) in [7, 11) is 0. The zero-order valence-electron chi connectivity index (χ0n) is 14.5. The summed E-state index contributed by atoms with van der Waals surface area (Å²) >= 11 is 5.92. The van der Waals surface area contributed by atoms with Crippen molar-refractivity contribution in [3.63, 3.8) is 0 Å². The van der Waals surface area contributed by atoms with E-state index >= 15 is 0 Å². The zero-order valence-corrected chi connectivity index (χ0v) is 15.3. The first-order valence-electron chi connectivity index (χ1n) is 8.36. The maximum Gasteiger partial charge on any atom is 0.229 e. The number of anilines is 1. The van der Waals surface area contributed by atoms with Crippen molar-refractivity contribution in [2.75, 3.05) is 37.0 Å². The van der Waals surface area contributed by atoms with E-state index in [0.29, 0.717) is 19.0 Å². The third-order valence-electron chi connectivity index (χ3n) is 4.43. The number of pyridine rings is 1. The molecule has 2 aromatic rings. The van der Waals surface area contributed by atoms with Crippen LogP contribution in [0.25, 0.3) is 11.3 Å². The van der Waals surface area contributed by atoms with Crippen LogP contribution in [0.4, 0.5) is 5.82 Å². The number of hydrogen-bond donors (Lipinski definition) is 0. The van der Waals surface area contributed by atoms with Crippen molar-refractivity contribution in [1.29, 1.82) is 0 Å². The molecule has 132 valence electrons. The van der Waals surface area contributed by atoms with Crippen LogP contribution in [0.2, 0.25) is 0 Å². The number of nitrogens with zero attached hydrogens (tertiary/aromatic N) is 5. The second-order valence-corrected chi connectivity index (χ2v) is 7.08. The lowest BCUT2D eigenvalue weighted by Gasteiger charge is -2.38. The van der Waals surface area contributed by atoms with Gasteiger partial charge in [-0.05, 0) is 38.1 Å². The van der Waals surface area contributed by atoms with E-state index in [4.69, 9.17) is 11.6 Å². The number of halogens is 1. The van der Waals surface area contributed by atoms with E-state index in [1.807, 2.05) is 43.0 Å². The van der Waals surface area contributed by atoms with Gasteiger partial charge in [-0.3, -0.25) is 9.78 Å². The fourth-order valence-electron chi connectivity index (χ4n) is 2.79. The Morgan fingerprint density at radius 3 is 2.32 bits per heavy atom. The normalized spacial score (nSPS) is 15.3. The number of aromatic nitrogens is 3. The molecule has 0 radical (unpaired) electrons. The highest BCUT2D eigenvalue weighted by Gasteiger charge is 2.33. The molecule has 1 fully saturated rings. The summed E-state index contributed by atoms with van der Waals surface area (Å²) in [6.07, 6.45) is 3.48. The summed E-state index contributed by atoms with van der Waals surface area (Å²) in [5.74, 6) is 1.27. The van der Waals surface area contributed by atoms with Crippen LogP contribution in [-0.2, 0) is 4.79 Å². The summed E-state index contributed by atoms with van der Waals surface area (Å²) in [6, 6.07) is 7.76. The van der Waals surface area contributed by atoms with Gasteiger partial charge in [0, 0.05) is 50.0 Å². The standard InChI is InChI=1S/C18H22ClN5O/c1-18(2,13-19)17(25)24-11-9-23(10-12-24)16-4-3-15(21-22-16)14-5-7-20-8-6-14/h3-8H,9-13H2,1-2H3. The third kappa shape index (κ3) is 3.90. The lowest BCUT2D eigenvalue weighted by molar-refractivity contribution is -0.139. The summed E-state index contributed by atoms with van der Waals surface area (Å²) < 4.78 is 0. The Morgan fingerprint density at radius 1 is 1.08 bits per heavy atom. The molecule has 0 atom stereocenters. The van der Waals surface area contributed by atoms with Crippen molar-refractivity contribution >= 4 is 23.3 Å². The molecule has 25 heavy (non-hydrogen) atoms. The number of rotatable bonds is 4. The molecular weight excluding hydrogens is 338 g/mol. The van der Waals surface area contributed by atoms with E-state index in [2.05, 4.69) is 20.1 Å². The number of carbonyl (C=O) groups is 1. The van der Waals surface area contributed by atoms with E-state index in [0.717, 1.165) is 30.2 Å². The largest absolute Gasteiger partial charge is 0.352 e. The van der Waals surface area contributed by atoms with E-state index in [9.17, 15) is 4.79 Å². The molecular formula is C18H22ClN5O. The van der Waals surface area contributed by atoms with Crippen LogP contribution in [0.15, 0.2) is 36.7 Å². The molecule has 1 aliphatic rings. The van der Waals surface area contributed by atoms with Gasteiger partial charge < -0.3 is 9.80 Å². The summed E-state index contributed by atoms with van der Waals surface area (Å²) in [6.45, 7) is 6.61. The SMILES string of the molecule is CC(C)(CCl)C(=O)N1CCN(c2ccc(-c3ccncc3)nn2)CC1. The molecule has 0 spiro atoms.